The van der Waals surface area contributed by atoms with Crippen LogP contribution in [0.4, 0.5) is 11.6 Å². The topological polar surface area (TPSA) is 66.9 Å². The molecular weight excluding hydrogens is 323 g/mol. The summed E-state index contributed by atoms with van der Waals surface area (Å²) in [6, 6.07) is 6.77. The van der Waals surface area contributed by atoms with Crippen LogP contribution in [0.3, 0.4) is 0 Å². The van der Waals surface area contributed by atoms with E-state index in [9.17, 15) is 4.79 Å². The number of halogens is 2. The summed E-state index contributed by atoms with van der Waals surface area (Å²) in [6.45, 7) is 2.69. The van der Waals surface area contributed by atoms with Gasteiger partial charge in [-0.05, 0) is 24.6 Å². The van der Waals surface area contributed by atoms with Crippen LogP contribution in [0.5, 0.6) is 0 Å². The molecule has 2 N–H and O–H groups in total. The van der Waals surface area contributed by atoms with Gasteiger partial charge in [-0.1, -0.05) is 42.6 Å². The Labute approximate surface area is 139 Å². The number of nitrogens with zero attached hydrogens (tertiary/aromatic N) is 2. The number of rotatable bonds is 6. The van der Waals surface area contributed by atoms with Gasteiger partial charge in [-0.3, -0.25) is 4.79 Å². The second kappa shape index (κ2) is 7.96. The molecule has 1 amide bonds. The van der Waals surface area contributed by atoms with Crippen molar-refractivity contribution in [2.45, 2.75) is 19.8 Å². The molecule has 5 nitrogen and oxygen atoms in total. The number of unbranched alkanes of at least 4 members (excludes halogenated alkanes) is 1. The third kappa shape index (κ3) is 4.32. The van der Waals surface area contributed by atoms with Crippen molar-refractivity contribution < 1.29 is 4.79 Å². The third-order valence-electron chi connectivity index (χ3n) is 2.90. The zero-order chi connectivity index (χ0) is 15.9. The van der Waals surface area contributed by atoms with Crippen LogP contribution in [0.1, 0.15) is 30.3 Å². The van der Waals surface area contributed by atoms with Crippen LogP contribution >= 0.6 is 23.2 Å². The molecule has 2 rings (SSSR count). The van der Waals surface area contributed by atoms with Gasteiger partial charge < -0.3 is 10.6 Å². The van der Waals surface area contributed by atoms with Gasteiger partial charge in [0.1, 0.15) is 5.69 Å². The first-order valence-corrected chi connectivity index (χ1v) is 7.69. The zero-order valence-corrected chi connectivity index (χ0v) is 13.6. The van der Waals surface area contributed by atoms with Crippen LogP contribution in [-0.4, -0.2) is 22.4 Å². The number of carbonyl (C=O) groups excluding carboxylic acids is 1. The summed E-state index contributed by atoms with van der Waals surface area (Å²) < 4.78 is 0. The molecule has 0 aliphatic rings. The molecule has 1 aromatic carbocycles. The molecule has 22 heavy (non-hydrogen) atoms. The van der Waals surface area contributed by atoms with Crippen LogP contribution in [0.15, 0.2) is 30.5 Å². The van der Waals surface area contributed by atoms with Crippen LogP contribution in [0.2, 0.25) is 10.0 Å². The van der Waals surface area contributed by atoms with Crippen molar-refractivity contribution in [2.24, 2.45) is 0 Å². The minimum atomic E-state index is -0.226. The van der Waals surface area contributed by atoms with Gasteiger partial charge in [-0.25, -0.2) is 9.97 Å². The van der Waals surface area contributed by atoms with Gasteiger partial charge in [0, 0.05) is 12.7 Å². The van der Waals surface area contributed by atoms with Crippen molar-refractivity contribution in [3.63, 3.8) is 0 Å². The van der Waals surface area contributed by atoms with E-state index in [1.54, 1.807) is 24.3 Å². The Morgan fingerprint density at radius 1 is 1.27 bits per heavy atom. The van der Waals surface area contributed by atoms with Crippen molar-refractivity contribution in [2.75, 3.05) is 11.9 Å². The van der Waals surface area contributed by atoms with Crippen LogP contribution < -0.4 is 10.6 Å². The highest BCUT2D eigenvalue weighted by Gasteiger charge is 2.10. The average molecular weight is 339 g/mol. The number of hydrogen-bond donors (Lipinski definition) is 2. The van der Waals surface area contributed by atoms with Crippen molar-refractivity contribution >= 4 is 40.7 Å². The second-order valence-electron chi connectivity index (χ2n) is 4.60. The standard InChI is InChI=1S/C15H16Cl2N4O/c1-2-3-8-18-14(22)12-7-9-19-15(21-12)20-11-6-4-5-10(16)13(11)17/h4-7,9H,2-3,8H2,1H3,(H,18,22)(H,19,20,21). The molecule has 116 valence electrons. The Kier molecular flexibility index (Phi) is 5.98. The van der Waals surface area contributed by atoms with E-state index < -0.39 is 0 Å². The fourth-order valence-corrected chi connectivity index (χ4v) is 2.08. The van der Waals surface area contributed by atoms with Crippen molar-refractivity contribution in [1.29, 1.82) is 0 Å². The number of anilines is 2. The number of benzene rings is 1. The van der Waals surface area contributed by atoms with Crippen LogP contribution in [-0.2, 0) is 0 Å². The predicted molar refractivity (Wildman–Crippen MR) is 89.0 cm³/mol. The van der Waals surface area contributed by atoms with Crippen molar-refractivity contribution in [3.05, 3.63) is 46.2 Å². The van der Waals surface area contributed by atoms with Gasteiger partial charge in [-0.2, -0.15) is 0 Å². The van der Waals surface area contributed by atoms with Gasteiger partial charge in [0.05, 0.1) is 15.7 Å². The second-order valence-corrected chi connectivity index (χ2v) is 5.39. The van der Waals surface area contributed by atoms with E-state index in [4.69, 9.17) is 23.2 Å². The highest BCUT2D eigenvalue weighted by molar-refractivity contribution is 6.43. The molecule has 2 aromatic rings. The van der Waals surface area contributed by atoms with Crippen LogP contribution in [0.25, 0.3) is 0 Å². The maximum Gasteiger partial charge on any atom is 0.270 e. The third-order valence-corrected chi connectivity index (χ3v) is 3.72. The molecule has 0 saturated heterocycles. The maximum absolute atomic E-state index is 12.0. The fourth-order valence-electron chi connectivity index (χ4n) is 1.74. The van der Waals surface area contributed by atoms with E-state index in [0.29, 0.717) is 28.0 Å². The number of hydrogen-bond acceptors (Lipinski definition) is 4. The Bertz CT molecular complexity index is 664. The minimum absolute atomic E-state index is 0.226. The Morgan fingerprint density at radius 3 is 2.86 bits per heavy atom. The highest BCUT2D eigenvalue weighted by atomic mass is 35.5. The number of carbonyl (C=O) groups is 1. The number of amides is 1. The molecule has 7 heteroatoms. The normalized spacial score (nSPS) is 10.3. The molecule has 0 unspecified atom stereocenters. The van der Waals surface area contributed by atoms with Crippen molar-refractivity contribution in [1.82, 2.24) is 15.3 Å². The molecule has 0 spiro atoms. The van der Waals surface area contributed by atoms with Gasteiger partial charge in [0.25, 0.3) is 5.91 Å². The highest BCUT2D eigenvalue weighted by Crippen LogP contribution is 2.30. The first-order chi connectivity index (χ1) is 10.6. The summed E-state index contributed by atoms with van der Waals surface area (Å²) in [5, 5.41) is 6.58. The zero-order valence-electron chi connectivity index (χ0n) is 12.1. The molecular formula is C15H16Cl2N4O. The Hall–Kier alpha value is -1.85. The van der Waals surface area contributed by atoms with Gasteiger partial charge in [0.2, 0.25) is 5.95 Å². The predicted octanol–water partition coefficient (Wildman–Crippen LogP) is 4.06. The van der Waals surface area contributed by atoms with Crippen molar-refractivity contribution in [3.8, 4) is 0 Å². The number of nitrogens with one attached hydrogen (secondary N) is 2. The smallest absolute Gasteiger partial charge is 0.270 e. The maximum atomic E-state index is 12.0. The van der Waals surface area contributed by atoms with E-state index in [2.05, 4.69) is 27.5 Å². The monoisotopic (exact) mass is 338 g/mol. The summed E-state index contributed by atoms with van der Waals surface area (Å²) in [6.07, 6.45) is 3.46. The summed E-state index contributed by atoms with van der Waals surface area (Å²) in [7, 11) is 0. The molecule has 0 atom stereocenters. The lowest BCUT2D eigenvalue weighted by Crippen LogP contribution is -2.25. The molecule has 1 aromatic heterocycles. The SMILES string of the molecule is CCCCNC(=O)c1ccnc(Nc2cccc(Cl)c2Cl)n1. The van der Waals surface area contributed by atoms with E-state index >= 15 is 0 Å². The number of aromatic nitrogens is 2. The molecule has 0 bridgehead atoms. The lowest BCUT2D eigenvalue weighted by molar-refractivity contribution is 0.0948. The first kappa shape index (κ1) is 16.5. The largest absolute Gasteiger partial charge is 0.351 e. The molecule has 0 aliphatic carbocycles. The summed E-state index contributed by atoms with van der Waals surface area (Å²) in [5.41, 5.74) is 0.879. The van der Waals surface area contributed by atoms with E-state index in [1.165, 1.54) is 6.20 Å². The summed E-state index contributed by atoms with van der Waals surface area (Å²) >= 11 is 12.1. The Morgan fingerprint density at radius 2 is 2.09 bits per heavy atom. The molecule has 0 aliphatic heterocycles. The molecule has 0 saturated carbocycles. The lowest BCUT2D eigenvalue weighted by Gasteiger charge is -2.09. The Balaban J connectivity index is 2.11. The average Bonchev–Trinajstić information content (AvgIpc) is 2.52. The minimum Gasteiger partial charge on any atom is -0.351 e. The summed E-state index contributed by atoms with van der Waals surface area (Å²) in [4.78, 5) is 20.2. The first-order valence-electron chi connectivity index (χ1n) is 6.94. The van der Waals surface area contributed by atoms with Crippen LogP contribution in [0, 0.1) is 0 Å². The van der Waals surface area contributed by atoms with Gasteiger partial charge >= 0.3 is 0 Å². The molecule has 1 heterocycles. The van der Waals surface area contributed by atoms with E-state index in [0.717, 1.165) is 12.8 Å². The lowest BCUT2D eigenvalue weighted by atomic mass is 10.3. The van der Waals surface area contributed by atoms with E-state index in [1.807, 2.05) is 0 Å². The van der Waals surface area contributed by atoms with E-state index in [-0.39, 0.29) is 11.9 Å². The van der Waals surface area contributed by atoms with Gasteiger partial charge in [-0.15, -0.1) is 0 Å². The fraction of sp³-hybridized carbons (Fsp3) is 0.267. The van der Waals surface area contributed by atoms with Gasteiger partial charge in [0.15, 0.2) is 0 Å². The molecule has 0 fully saturated rings. The quantitative estimate of drug-likeness (QED) is 0.779. The molecule has 0 radical (unpaired) electrons. The summed E-state index contributed by atoms with van der Waals surface area (Å²) in [5.74, 6) is 0.0587.